The average molecular weight is 517 g/mol. The van der Waals surface area contributed by atoms with Crippen LogP contribution in [0.3, 0.4) is 0 Å². The number of amides is 1. The van der Waals surface area contributed by atoms with Crippen molar-refractivity contribution >= 4 is 16.2 Å². The van der Waals surface area contributed by atoms with Crippen molar-refractivity contribution < 1.29 is 31.3 Å². The summed E-state index contributed by atoms with van der Waals surface area (Å²) in [6.45, 7) is 7.27. The molecule has 0 saturated carbocycles. The Balaban J connectivity index is 1.66. The largest absolute Gasteiger partial charge is 0.487 e. The zero-order valence-electron chi connectivity index (χ0n) is 21.1. The van der Waals surface area contributed by atoms with Gasteiger partial charge in [0.2, 0.25) is 5.89 Å². The number of alkyl carbamates (subject to hydrolysis) is 1. The summed E-state index contributed by atoms with van der Waals surface area (Å²) in [5.74, 6) is 1.82. The normalized spacial score (nSPS) is 12.7. The summed E-state index contributed by atoms with van der Waals surface area (Å²) >= 11 is 0. The Morgan fingerprint density at radius 1 is 1.08 bits per heavy atom. The highest BCUT2D eigenvalue weighted by atomic mass is 32.2. The van der Waals surface area contributed by atoms with Gasteiger partial charge >= 0.3 is 6.09 Å². The zero-order valence-corrected chi connectivity index (χ0v) is 21.9. The lowest BCUT2D eigenvalue weighted by molar-refractivity contribution is 0.0498. The molecule has 0 aliphatic rings. The van der Waals surface area contributed by atoms with E-state index >= 15 is 0 Å². The first kappa shape index (κ1) is 27.2. The SMILES string of the molecule is Cc1oc(-c2ccccc2)nc1COc1ccc(C(CCOS(C)(=O)=O)NC(=O)OC(C)(C)C)cc1. The van der Waals surface area contributed by atoms with Gasteiger partial charge in [-0.3, -0.25) is 4.18 Å². The van der Waals surface area contributed by atoms with E-state index in [9.17, 15) is 13.2 Å². The third-order valence-electron chi connectivity index (χ3n) is 4.97. The average Bonchev–Trinajstić information content (AvgIpc) is 3.16. The van der Waals surface area contributed by atoms with Gasteiger partial charge in [-0.25, -0.2) is 9.78 Å². The van der Waals surface area contributed by atoms with E-state index in [1.54, 1.807) is 45.0 Å². The number of rotatable bonds is 10. The molecule has 1 amide bonds. The maximum absolute atomic E-state index is 12.3. The number of hydrogen-bond donors (Lipinski definition) is 1. The number of benzene rings is 2. The Bertz CT molecular complexity index is 1250. The summed E-state index contributed by atoms with van der Waals surface area (Å²) in [5.41, 5.74) is 1.66. The van der Waals surface area contributed by atoms with E-state index in [1.807, 2.05) is 37.3 Å². The van der Waals surface area contributed by atoms with Gasteiger partial charge in [-0.15, -0.1) is 0 Å². The summed E-state index contributed by atoms with van der Waals surface area (Å²) in [4.78, 5) is 16.9. The van der Waals surface area contributed by atoms with Crippen LogP contribution in [0.5, 0.6) is 5.75 Å². The molecule has 0 bridgehead atoms. The van der Waals surface area contributed by atoms with Gasteiger partial charge in [0.05, 0.1) is 18.9 Å². The summed E-state index contributed by atoms with van der Waals surface area (Å²) in [6, 6.07) is 16.2. The highest BCUT2D eigenvalue weighted by Crippen LogP contribution is 2.25. The summed E-state index contributed by atoms with van der Waals surface area (Å²) in [7, 11) is -3.60. The molecule has 2 aromatic carbocycles. The fourth-order valence-corrected chi connectivity index (χ4v) is 3.70. The Labute approximate surface area is 211 Å². The van der Waals surface area contributed by atoms with E-state index in [1.165, 1.54) is 0 Å². The predicted molar refractivity (Wildman–Crippen MR) is 135 cm³/mol. The Morgan fingerprint density at radius 3 is 2.36 bits per heavy atom. The molecule has 0 radical (unpaired) electrons. The standard InChI is InChI=1S/C26H32N2O7S/c1-18-23(27-24(34-18)20-9-7-6-8-10-20)17-32-21-13-11-19(12-14-21)22(15-16-33-36(5,30)31)28-25(29)35-26(2,3)4/h6-14,22H,15-17H2,1-5H3,(H,28,29). The molecular formula is C26H32N2O7S. The van der Waals surface area contributed by atoms with E-state index < -0.39 is 27.9 Å². The number of nitrogens with one attached hydrogen (secondary N) is 1. The van der Waals surface area contributed by atoms with E-state index in [4.69, 9.17) is 18.1 Å². The van der Waals surface area contributed by atoms with Crippen molar-refractivity contribution in [3.8, 4) is 17.2 Å². The molecule has 3 aromatic rings. The minimum Gasteiger partial charge on any atom is -0.487 e. The molecule has 194 valence electrons. The Hall–Kier alpha value is -3.37. The van der Waals surface area contributed by atoms with Gasteiger partial charge in [-0.2, -0.15) is 8.42 Å². The van der Waals surface area contributed by atoms with Crippen LogP contribution in [-0.4, -0.2) is 38.0 Å². The second-order valence-corrected chi connectivity index (χ2v) is 10.9. The van der Waals surface area contributed by atoms with Crippen LogP contribution in [0, 0.1) is 6.92 Å². The lowest BCUT2D eigenvalue weighted by Crippen LogP contribution is -2.35. The Morgan fingerprint density at radius 2 is 1.75 bits per heavy atom. The van der Waals surface area contributed by atoms with Crippen LogP contribution in [-0.2, 0) is 25.6 Å². The van der Waals surface area contributed by atoms with Gasteiger partial charge in [0, 0.05) is 5.56 Å². The molecule has 0 aliphatic heterocycles. The van der Waals surface area contributed by atoms with Crippen LogP contribution in [0.25, 0.3) is 11.5 Å². The van der Waals surface area contributed by atoms with Crippen molar-refractivity contribution in [3.63, 3.8) is 0 Å². The first-order valence-corrected chi connectivity index (χ1v) is 13.3. The number of carbonyl (C=O) groups is 1. The third kappa shape index (κ3) is 8.69. The fourth-order valence-electron chi connectivity index (χ4n) is 3.30. The second kappa shape index (κ2) is 11.6. The van der Waals surface area contributed by atoms with Crippen molar-refractivity contribution in [2.45, 2.75) is 52.4 Å². The van der Waals surface area contributed by atoms with Gasteiger partial charge in [0.1, 0.15) is 29.4 Å². The van der Waals surface area contributed by atoms with Gasteiger partial charge in [-0.1, -0.05) is 30.3 Å². The van der Waals surface area contributed by atoms with E-state index in [-0.39, 0.29) is 19.6 Å². The van der Waals surface area contributed by atoms with Crippen molar-refractivity contribution in [2.24, 2.45) is 0 Å². The molecule has 3 rings (SSSR count). The highest BCUT2D eigenvalue weighted by Gasteiger charge is 2.21. The summed E-state index contributed by atoms with van der Waals surface area (Å²) in [5, 5.41) is 2.78. The molecule has 0 aliphatic carbocycles. The first-order valence-electron chi connectivity index (χ1n) is 11.5. The van der Waals surface area contributed by atoms with E-state index in [2.05, 4.69) is 10.3 Å². The smallest absolute Gasteiger partial charge is 0.408 e. The second-order valence-electron chi connectivity index (χ2n) is 9.26. The fraction of sp³-hybridized carbons (Fsp3) is 0.385. The molecular weight excluding hydrogens is 484 g/mol. The van der Waals surface area contributed by atoms with Crippen LogP contribution in [0.2, 0.25) is 0 Å². The predicted octanol–water partition coefficient (Wildman–Crippen LogP) is 5.16. The maximum atomic E-state index is 12.3. The lowest BCUT2D eigenvalue weighted by atomic mass is 10.0. The van der Waals surface area contributed by atoms with Crippen LogP contribution >= 0.6 is 0 Å². The number of carbonyl (C=O) groups excluding carboxylic acids is 1. The van der Waals surface area contributed by atoms with Gasteiger partial charge in [0.25, 0.3) is 10.1 Å². The summed E-state index contributed by atoms with van der Waals surface area (Å²) in [6.07, 6.45) is 0.602. The number of aromatic nitrogens is 1. The minimum atomic E-state index is -3.60. The minimum absolute atomic E-state index is 0.0905. The molecule has 1 unspecified atom stereocenters. The molecule has 10 heteroatoms. The number of ether oxygens (including phenoxy) is 2. The molecule has 0 saturated heterocycles. The molecule has 1 atom stereocenters. The summed E-state index contributed by atoms with van der Waals surface area (Å²) < 4.78 is 44.5. The van der Waals surface area contributed by atoms with Crippen LogP contribution in [0.15, 0.2) is 59.0 Å². The zero-order chi connectivity index (χ0) is 26.3. The number of aryl methyl sites for hydroxylation is 1. The van der Waals surface area contributed by atoms with Gasteiger partial charge < -0.3 is 19.2 Å². The van der Waals surface area contributed by atoms with Crippen LogP contribution < -0.4 is 10.1 Å². The lowest BCUT2D eigenvalue weighted by Gasteiger charge is -2.24. The maximum Gasteiger partial charge on any atom is 0.408 e. The van der Waals surface area contributed by atoms with Crippen molar-refractivity contribution in [1.29, 1.82) is 0 Å². The molecule has 1 N–H and O–H groups in total. The topological polar surface area (TPSA) is 117 Å². The molecule has 36 heavy (non-hydrogen) atoms. The van der Waals surface area contributed by atoms with Crippen molar-refractivity contribution in [3.05, 3.63) is 71.6 Å². The number of nitrogens with zero attached hydrogens (tertiary/aromatic N) is 1. The highest BCUT2D eigenvalue weighted by molar-refractivity contribution is 7.85. The first-order chi connectivity index (χ1) is 16.9. The van der Waals surface area contributed by atoms with Gasteiger partial charge in [0.15, 0.2) is 0 Å². The monoisotopic (exact) mass is 516 g/mol. The quantitative estimate of drug-likeness (QED) is 0.367. The van der Waals surface area contributed by atoms with Gasteiger partial charge in [-0.05, 0) is 63.9 Å². The Kier molecular flexibility index (Phi) is 8.75. The molecule has 1 heterocycles. The number of hydrogen-bond acceptors (Lipinski definition) is 8. The van der Waals surface area contributed by atoms with Crippen LogP contribution in [0.1, 0.15) is 50.3 Å². The number of oxazole rings is 1. The van der Waals surface area contributed by atoms with E-state index in [0.717, 1.165) is 17.4 Å². The van der Waals surface area contributed by atoms with E-state index in [0.29, 0.717) is 23.1 Å². The molecule has 9 nitrogen and oxygen atoms in total. The third-order valence-corrected chi connectivity index (χ3v) is 5.56. The van der Waals surface area contributed by atoms with Crippen molar-refractivity contribution in [2.75, 3.05) is 12.9 Å². The molecule has 0 fully saturated rings. The van der Waals surface area contributed by atoms with Crippen molar-refractivity contribution in [1.82, 2.24) is 10.3 Å². The molecule has 1 aromatic heterocycles. The molecule has 0 spiro atoms. The van der Waals surface area contributed by atoms with Crippen LogP contribution in [0.4, 0.5) is 4.79 Å².